The molecule has 1 aliphatic rings. The third-order valence-electron chi connectivity index (χ3n) is 2.95. The van der Waals surface area contributed by atoms with Crippen molar-refractivity contribution in [2.24, 2.45) is 0 Å². The minimum Gasteiger partial charge on any atom is -0.502 e. The monoisotopic (exact) mass is 216 g/mol. The van der Waals surface area contributed by atoms with E-state index in [4.69, 9.17) is 4.74 Å². The second-order valence-electron chi connectivity index (χ2n) is 4.10. The highest BCUT2D eigenvalue weighted by atomic mass is 32.2. The summed E-state index contributed by atoms with van der Waals surface area (Å²) in [5, 5.41) is 0. The van der Waals surface area contributed by atoms with Gasteiger partial charge in [-0.1, -0.05) is 19.4 Å². The highest BCUT2D eigenvalue weighted by Crippen LogP contribution is 2.29. The molecule has 0 N–H and O–H groups in total. The van der Waals surface area contributed by atoms with Gasteiger partial charge in [-0.05, 0) is 26.2 Å². The van der Waals surface area contributed by atoms with Crippen LogP contribution in [0.3, 0.4) is 0 Å². The van der Waals surface area contributed by atoms with E-state index in [1.807, 2.05) is 0 Å². The lowest BCUT2D eigenvalue weighted by molar-refractivity contribution is 0.229. The van der Waals surface area contributed by atoms with Crippen LogP contribution in [0.1, 0.15) is 39.0 Å². The smallest absolute Gasteiger partial charge is 0.0887 e. The normalized spacial score (nSPS) is 33.4. The van der Waals surface area contributed by atoms with Gasteiger partial charge in [-0.2, -0.15) is 0 Å². The molecule has 0 bridgehead atoms. The summed E-state index contributed by atoms with van der Waals surface area (Å²) in [7, 11) is -0.679. The second kappa shape index (κ2) is 5.54. The molecule has 14 heavy (non-hydrogen) atoms. The minimum absolute atomic E-state index is 0.0283. The fourth-order valence-corrected chi connectivity index (χ4v) is 3.51. The fourth-order valence-electron chi connectivity index (χ4n) is 1.87. The molecule has 0 aromatic heterocycles. The molecular weight excluding hydrogens is 196 g/mol. The topological polar surface area (TPSA) is 26.3 Å². The van der Waals surface area contributed by atoms with Gasteiger partial charge < -0.3 is 4.74 Å². The second-order valence-corrected chi connectivity index (χ2v) is 6.18. The first-order valence-corrected chi connectivity index (χ1v) is 6.62. The number of ether oxygens (including phenoxy) is 1. The van der Waals surface area contributed by atoms with E-state index in [0.717, 1.165) is 25.0 Å². The van der Waals surface area contributed by atoms with Crippen molar-refractivity contribution >= 4 is 10.8 Å². The Morgan fingerprint density at radius 2 is 2.29 bits per heavy atom. The molecule has 2 nitrogen and oxygen atoms in total. The summed E-state index contributed by atoms with van der Waals surface area (Å²) < 4.78 is 17.1. The van der Waals surface area contributed by atoms with Crippen molar-refractivity contribution in [1.29, 1.82) is 0 Å². The summed E-state index contributed by atoms with van der Waals surface area (Å²) in [6.07, 6.45) is 6.96. The maximum Gasteiger partial charge on any atom is 0.0887 e. The first kappa shape index (κ1) is 11.8. The van der Waals surface area contributed by atoms with Gasteiger partial charge in [0.25, 0.3) is 0 Å². The van der Waals surface area contributed by atoms with Crippen LogP contribution in [0.25, 0.3) is 0 Å². The molecule has 0 spiro atoms. The van der Waals surface area contributed by atoms with E-state index in [0.29, 0.717) is 6.61 Å². The van der Waals surface area contributed by atoms with Crippen molar-refractivity contribution in [2.45, 2.75) is 43.8 Å². The van der Waals surface area contributed by atoms with Crippen LogP contribution in [0, 0.1) is 0 Å². The maximum atomic E-state index is 12.0. The quantitative estimate of drug-likeness (QED) is 0.533. The van der Waals surface area contributed by atoms with E-state index in [-0.39, 0.29) is 4.75 Å². The van der Waals surface area contributed by atoms with Gasteiger partial charge >= 0.3 is 0 Å². The van der Waals surface area contributed by atoms with Crippen molar-refractivity contribution in [3.05, 3.63) is 12.8 Å². The summed E-state index contributed by atoms with van der Waals surface area (Å²) in [5.41, 5.74) is 0. The first-order chi connectivity index (χ1) is 6.69. The van der Waals surface area contributed by atoms with Crippen LogP contribution in [-0.2, 0) is 15.5 Å². The highest BCUT2D eigenvalue weighted by Gasteiger charge is 2.32. The minimum atomic E-state index is -0.679. The summed E-state index contributed by atoms with van der Waals surface area (Å²) in [4.78, 5) is 0. The summed E-state index contributed by atoms with van der Waals surface area (Å²) in [6, 6.07) is 0. The molecule has 0 aliphatic carbocycles. The van der Waals surface area contributed by atoms with Gasteiger partial charge in [0.1, 0.15) is 0 Å². The fraction of sp³-hybridized carbons (Fsp3) is 0.818. The Labute approximate surface area is 89.2 Å². The zero-order valence-corrected chi connectivity index (χ0v) is 9.78. The van der Waals surface area contributed by atoms with Gasteiger partial charge in [0.05, 0.1) is 12.9 Å². The van der Waals surface area contributed by atoms with Gasteiger partial charge in [0, 0.05) is 21.3 Å². The molecule has 0 amide bonds. The molecule has 1 aliphatic heterocycles. The number of hydrogen-bond acceptors (Lipinski definition) is 2. The SMILES string of the molecule is C=COCCC1(C)CCCCCS1=O. The number of rotatable bonds is 4. The van der Waals surface area contributed by atoms with Gasteiger partial charge in [-0.15, -0.1) is 0 Å². The van der Waals surface area contributed by atoms with E-state index < -0.39 is 10.8 Å². The van der Waals surface area contributed by atoms with Gasteiger partial charge in [-0.3, -0.25) is 4.21 Å². The summed E-state index contributed by atoms with van der Waals surface area (Å²) in [5.74, 6) is 0.866. The largest absolute Gasteiger partial charge is 0.502 e. The van der Waals surface area contributed by atoms with Crippen molar-refractivity contribution in [3.63, 3.8) is 0 Å². The molecule has 1 rings (SSSR count). The van der Waals surface area contributed by atoms with Crippen LogP contribution >= 0.6 is 0 Å². The summed E-state index contributed by atoms with van der Waals surface area (Å²) in [6.45, 7) is 6.28. The Hall–Kier alpha value is -0.310. The van der Waals surface area contributed by atoms with Crippen LogP contribution in [0.15, 0.2) is 12.8 Å². The van der Waals surface area contributed by atoms with E-state index in [1.54, 1.807) is 0 Å². The predicted octanol–water partition coefficient (Wildman–Crippen LogP) is 2.62. The van der Waals surface area contributed by atoms with Crippen LogP contribution < -0.4 is 0 Å². The molecule has 82 valence electrons. The molecule has 2 atom stereocenters. The molecule has 3 heteroatoms. The van der Waals surface area contributed by atoms with Crippen molar-refractivity contribution in [2.75, 3.05) is 12.4 Å². The lowest BCUT2D eigenvalue weighted by Gasteiger charge is -2.26. The van der Waals surface area contributed by atoms with Gasteiger partial charge in [-0.25, -0.2) is 0 Å². The zero-order valence-electron chi connectivity index (χ0n) is 8.96. The molecule has 1 saturated heterocycles. The van der Waals surface area contributed by atoms with Crippen LogP contribution in [0.5, 0.6) is 0 Å². The Morgan fingerprint density at radius 3 is 3.00 bits per heavy atom. The maximum absolute atomic E-state index is 12.0. The van der Waals surface area contributed by atoms with E-state index >= 15 is 0 Å². The molecule has 0 radical (unpaired) electrons. The van der Waals surface area contributed by atoms with E-state index in [1.165, 1.54) is 19.1 Å². The molecule has 0 aromatic carbocycles. The molecule has 0 saturated carbocycles. The lowest BCUT2D eigenvalue weighted by Crippen LogP contribution is -2.32. The van der Waals surface area contributed by atoms with Crippen LogP contribution in [0.4, 0.5) is 0 Å². The van der Waals surface area contributed by atoms with E-state index in [2.05, 4.69) is 13.5 Å². The molecule has 2 unspecified atom stereocenters. The summed E-state index contributed by atoms with van der Waals surface area (Å²) >= 11 is 0. The molecule has 1 heterocycles. The zero-order chi connectivity index (χ0) is 10.4. The molecule has 0 aromatic rings. The lowest BCUT2D eigenvalue weighted by atomic mass is 9.99. The average molecular weight is 216 g/mol. The Balaban J connectivity index is 2.49. The van der Waals surface area contributed by atoms with Gasteiger partial charge in [0.2, 0.25) is 0 Å². The molecular formula is C11H20O2S. The first-order valence-electron chi connectivity index (χ1n) is 5.30. The Kier molecular flexibility index (Phi) is 4.66. The van der Waals surface area contributed by atoms with Gasteiger partial charge in [0.15, 0.2) is 0 Å². The Morgan fingerprint density at radius 1 is 1.50 bits per heavy atom. The highest BCUT2D eigenvalue weighted by molar-refractivity contribution is 7.86. The van der Waals surface area contributed by atoms with Crippen molar-refractivity contribution in [3.8, 4) is 0 Å². The van der Waals surface area contributed by atoms with E-state index in [9.17, 15) is 4.21 Å². The third kappa shape index (κ3) is 3.12. The average Bonchev–Trinajstić information content (AvgIpc) is 2.31. The van der Waals surface area contributed by atoms with Crippen molar-refractivity contribution in [1.82, 2.24) is 0 Å². The third-order valence-corrected chi connectivity index (χ3v) is 5.12. The van der Waals surface area contributed by atoms with Crippen LogP contribution in [0.2, 0.25) is 0 Å². The standard InChI is InChI=1S/C11H20O2S/c1-3-13-9-8-11(2)7-5-4-6-10-14(11)12/h3H,1,4-10H2,2H3. The predicted molar refractivity (Wildman–Crippen MR) is 60.6 cm³/mol. The van der Waals surface area contributed by atoms with Crippen LogP contribution in [-0.4, -0.2) is 21.3 Å². The Bertz CT molecular complexity index is 215. The molecule has 1 fully saturated rings. The van der Waals surface area contributed by atoms with Crippen molar-refractivity contribution < 1.29 is 8.95 Å². The number of hydrogen-bond donors (Lipinski definition) is 0.